The highest BCUT2D eigenvalue weighted by molar-refractivity contribution is 6.04. The summed E-state index contributed by atoms with van der Waals surface area (Å²) in [6, 6.07) is 28.2. The van der Waals surface area contributed by atoms with Crippen LogP contribution in [-0.2, 0) is 26.6 Å². The fourth-order valence-electron chi connectivity index (χ4n) is 5.78. The van der Waals surface area contributed by atoms with Crippen molar-refractivity contribution in [2.45, 2.75) is 19.5 Å². The first-order chi connectivity index (χ1) is 22.8. The molecule has 1 aliphatic heterocycles. The molecular weight excluding hydrogens is 592 g/mol. The van der Waals surface area contributed by atoms with Crippen molar-refractivity contribution in [3.05, 3.63) is 156 Å². The zero-order valence-corrected chi connectivity index (χ0v) is 26.6. The van der Waals surface area contributed by atoms with Gasteiger partial charge in [0.25, 0.3) is 17.0 Å². The lowest BCUT2D eigenvalue weighted by Gasteiger charge is -2.29. The van der Waals surface area contributed by atoms with Crippen molar-refractivity contribution in [2.24, 2.45) is 7.05 Å². The Hall–Kier alpha value is -5.67. The van der Waals surface area contributed by atoms with Gasteiger partial charge in [-0.25, -0.2) is 0 Å². The number of anilines is 1. The van der Waals surface area contributed by atoms with Gasteiger partial charge in [0.15, 0.2) is 11.5 Å². The molecule has 6 rings (SSSR count). The Balaban J connectivity index is 1.10. The average molecular weight is 629 g/mol. The Morgan fingerprint density at radius 2 is 1.51 bits per heavy atom. The number of hydrogen-bond donors (Lipinski definition) is 2. The minimum atomic E-state index is -0.368. The summed E-state index contributed by atoms with van der Waals surface area (Å²) in [5.41, 5.74) is 5.65. The number of hydrogen-bond acceptors (Lipinski definition) is 6. The maximum absolute atomic E-state index is 13.0. The molecule has 0 atom stereocenters. The minimum absolute atomic E-state index is 0.161. The van der Waals surface area contributed by atoms with Gasteiger partial charge in [0.05, 0.1) is 14.2 Å². The molecule has 238 valence electrons. The number of aromatic amines is 1. The zero-order valence-electron chi connectivity index (χ0n) is 26.6. The van der Waals surface area contributed by atoms with E-state index in [4.69, 9.17) is 9.47 Å². The van der Waals surface area contributed by atoms with Crippen LogP contribution in [0.1, 0.15) is 38.2 Å². The molecule has 0 bridgehead atoms. The first-order valence-corrected chi connectivity index (χ1v) is 15.4. The number of amides is 1. The topological polar surface area (TPSA) is 106 Å². The predicted molar refractivity (Wildman–Crippen MR) is 183 cm³/mol. The zero-order chi connectivity index (χ0) is 32.9. The molecule has 9 nitrogen and oxygen atoms in total. The molecule has 9 heteroatoms. The number of aromatic nitrogens is 2. The molecule has 1 aromatic heterocycles. The van der Waals surface area contributed by atoms with Crippen LogP contribution in [0.3, 0.4) is 0 Å². The van der Waals surface area contributed by atoms with Gasteiger partial charge in [0.2, 0.25) is 0 Å². The fourth-order valence-corrected chi connectivity index (χ4v) is 5.78. The Bertz CT molecular complexity index is 2150. The summed E-state index contributed by atoms with van der Waals surface area (Å²) in [5, 5.41) is 3.38. The molecule has 2 N–H and O–H groups in total. The van der Waals surface area contributed by atoms with Gasteiger partial charge < -0.3 is 24.3 Å². The highest BCUT2D eigenvalue weighted by Gasteiger charge is 2.19. The van der Waals surface area contributed by atoms with E-state index in [0.717, 1.165) is 48.7 Å². The third kappa shape index (κ3) is 7.10. The molecule has 0 saturated carbocycles. The predicted octanol–water partition coefficient (Wildman–Crippen LogP) is 3.56. The molecule has 0 aliphatic carbocycles. The molecule has 2 heterocycles. The molecule has 0 fully saturated rings. The smallest absolute Gasteiger partial charge is 0.274 e. The maximum atomic E-state index is 13.0. The standard InChI is InChI=1S/C38H36N4O5/c1-41-33(20-25-7-5-4-6-8-25)37(44)40-32(38(41)45)19-26-9-13-28(14-10-26)36(43)39-31-15-11-27(12-16-31)23-42-18-17-29-21-34(46-2)35(47-3)22-30(29)24-42/h4-16,19-22H,17-18,23-24H2,1-3H3,(H,39,43)(H,40,44). The van der Waals surface area contributed by atoms with E-state index in [9.17, 15) is 14.4 Å². The van der Waals surface area contributed by atoms with E-state index in [2.05, 4.69) is 27.3 Å². The lowest BCUT2D eigenvalue weighted by Crippen LogP contribution is -2.52. The van der Waals surface area contributed by atoms with E-state index in [1.807, 2.05) is 54.6 Å². The van der Waals surface area contributed by atoms with Gasteiger partial charge in [0, 0.05) is 37.9 Å². The number of H-pyrrole nitrogens is 1. The monoisotopic (exact) mass is 628 g/mol. The van der Waals surface area contributed by atoms with Crippen LogP contribution >= 0.6 is 0 Å². The van der Waals surface area contributed by atoms with Gasteiger partial charge >= 0.3 is 0 Å². The molecule has 0 radical (unpaired) electrons. The van der Waals surface area contributed by atoms with Crippen LogP contribution in [0, 0.1) is 0 Å². The molecule has 5 aromatic rings. The summed E-state index contributed by atoms with van der Waals surface area (Å²) in [7, 11) is 4.89. The second-order valence-corrected chi connectivity index (χ2v) is 11.5. The molecule has 0 unspecified atom stereocenters. The minimum Gasteiger partial charge on any atom is -0.493 e. The number of fused-ring (bicyclic) bond motifs is 1. The van der Waals surface area contributed by atoms with Crippen LogP contribution in [0.25, 0.3) is 12.2 Å². The first-order valence-electron chi connectivity index (χ1n) is 15.4. The molecular formula is C38H36N4O5. The number of rotatable bonds is 8. The van der Waals surface area contributed by atoms with Gasteiger partial charge in [-0.15, -0.1) is 0 Å². The molecule has 0 saturated heterocycles. The first kappa shape index (κ1) is 31.3. The van der Waals surface area contributed by atoms with Crippen LogP contribution < -0.4 is 36.6 Å². The number of carbonyl (C=O) groups excluding carboxylic acids is 1. The Morgan fingerprint density at radius 3 is 2.19 bits per heavy atom. The highest BCUT2D eigenvalue weighted by Crippen LogP contribution is 2.33. The van der Waals surface area contributed by atoms with E-state index < -0.39 is 0 Å². The number of carbonyl (C=O) groups is 1. The van der Waals surface area contributed by atoms with Crippen molar-refractivity contribution in [1.82, 2.24) is 14.5 Å². The van der Waals surface area contributed by atoms with Crippen LogP contribution in [-0.4, -0.2) is 41.1 Å². The summed E-state index contributed by atoms with van der Waals surface area (Å²) in [5.74, 6) is 1.26. The van der Waals surface area contributed by atoms with Crippen LogP contribution in [0.4, 0.5) is 5.69 Å². The van der Waals surface area contributed by atoms with Gasteiger partial charge in [0.1, 0.15) is 10.7 Å². The van der Waals surface area contributed by atoms with Crippen LogP contribution in [0.5, 0.6) is 11.5 Å². The average Bonchev–Trinajstić information content (AvgIpc) is 3.10. The summed E-state index contributed by atoms with van der Waals surface area (Å²) in [6.07, 6.45) is 4.22. The number of nitrogens with one attached hydrogen (secondary N) is 2. The van der Waals surface area contributed by atoms with Gasteiger partial charge in [-0.05, 0) is 82.8 Å². The van der Waals surface area contributed by atoms with E-state index in [-0.39, 0.29) is 27.7 Å². The normalized spacial score (nSPS) is 13.7. The maximum Gasteiger partial charge on any atom is 0.274 e. The molecule has 1 amide bonds. The largest absolute Gasteiger partial charge is 0.493 e. The van der Waals surface area contributed by atoms with Crippen molar-refractivity contribution in [3.8, 4) is 11.5 Å². The van der Waals surface area contributed by atoms with E-state index in [0.29, 0.717) is 16.8 Å². The van der Waals surface area contributed by atoms with Crippen molar-refractivity contribution in [2.75, 3.05) is 26.1 Å². The number of methoxy groups -OCH3 is 2. The highest BCUT2D eigenvalue weighted by atomic mass is 16.5. The molecule has 4 aromatic carbocycles. The third-order valence-electron chi connectivity index (χ3n) is 8.38. The Kier molecular flexibility index (Phi) is 9.17. The summed E-state index contributed by atoms with van der Waals surface area (Å²) < 4.78 is 12.3. The number of nitrogens with zero attached hydrogens (tertiary/aromatic N) is 2. The van der Waals surface area contributed by atoms with Gasteiger partial charge in [-0.3, -0.25) is 19.3 Å². The van der Waals surface area contributed by atoms with Crippen LogP contribution in [0.15, 0.2) is 101 Å². The number of benzene rings is 4. The van der Waals surface area contributed by atoms with Gasteiger partial charge in [-0.1, -0.05) is 54.6 Å². The summed E-state index contributed by atoms with van der Waals surface area (Å²) in [6.45, 7) is 2.56. The molecule has 47 heavy (non-hydrogen) atoms. The number of ether oxygens (including phenoxy) is 2. The Labute approximate surface area is 272 Å². The van der Waals surface area contributed by atoms with Crippen molar-refractivity contribution in [1.29, 1.82) is 0 Å². The summed E-state index contributed by atoms with van der Waals surface area (Å²) >= 11 is 0. The summed E-state index contributed by atoms with van der Waals surface area (Å²) in [4.78, 5) is 43.9. The van der Waals surface area contributed by atoms with Crippen molar-refractivity contribution in [3.63, 3.8) is 0 Å². The molecule has 0 spiro atoms. The van der Waals surface area contributed by atoms with Crippen LogP contribution in [0.2, 0.25) is 0 Å². The third-order valence-corrected chi connectivity index (χ3v) is 8.38. The second-order valence-electron chi connectivity index (χ2n) is 11.5. The van der Waals surface area contributed by atoms with E-state index in [1.54, 1.807) is 57.7 Å². The van der Waals surface area contributed by atoms with E-state index >= 15 is 0 Å². The van der Waals surface area contributed by atoms with Gasteiger partial charge in [-0.2, -0.15) is 0 Å². The van der Waals surface area contributed by atoms with E-state index in [1.165, 1.54) is 15.7 Å². The van der Waals surface area contributed by atoms with Crippen molar-refractivity contribution >= 4 is 23.7 Å². The lowest BCUT2D eigenvalue weighted by molar-refractivity contribution is 0.102. The fraction of sp³-hybridized carbons (Fsp3) is 0.184. The molecule has 1 aliphatic rings. The Morgan fingerprint density at radius 1 is 0.851 bits per heavy atom. The van der Waals surface area contributed by atoms with Crippen molar-refractivity contribution < 1.29 is 14.3 Å². The lowest BCUT2D eigenvalue weighted by atomic mass is 9.98. The second kappa shape index (κ2) is 13.8. The quantitative estimate of drug-likeness (QED) is 0.272. The SMILES string of the molecule is COc1cc2c(cc1OC)CN(Cc1ccc(NC(=O)c3ccc(C=c4[nH]c(=O)c(=Cc5ccccc5)n(C)c4=O)cc3)cc1)CC2.